The van der Waals surface area contributed by atoms with E-state index in [9.17, 15) is 0 Å². The van der Waals surface area contributed by atoms with Gasteiger partial charge < -0.3 is 5.32 Å². The highest BCUT2D eigenvalue weighted by molar-refractivity contribution is 7.98. The van der Waals surface area contributed by atoms with Crippen molar-refractivity contribution in [2.24, 2.45) is 0 Å². The van der Waals surface area contributed by atoms with Gasteiger partial charge in [0.1, 0.15) is 0 Å². The van der Waals surface area contributed by atoms with Crippen LogP contribution < -0.4 is 5.32 Å². The molecule has 96 valence electrons. The number of hydrogen-bond acceptors (Lipinski definition) is 2. The van der Waals surface area contributed by atoms with Gasteiger partial charge in [-0.05, 0) is 37.1 Å². The standard InChI is InChI=1S/C15H25NS/c1-11(2)14-6-8-15(9-7-14)13(4)16-12(3)10-17-5/h6-9,11-13,16H,10H2,1-5H3. The van der Waals surface area contributed by atoms with Crippen molar-refractivity contribution in [1.29, 1.82) is 0 Å². The van der Waals surface area contributed by atoms with Gasteiger partial charge >= 0.3 is 0 Å². The summed E-state index contributed by atoms with van der Waals surface area (Å²) in [5.41, 5.74) is 2.79. The molecule has 1 aromatic carbocycles. The quantitative estimate of drug-likeness (QED) is 0.812. The van der Waals surface area contributed by atoms with Crippen LogP contribution in [0.1, 0.15) is 50.8 Å². The van der Waals surface area contributed by atoms with Crippen LogP contribution >= 0.6 is 11.8 Å². The minimum absolute atomic E-state index is 0.429. The Bertz CT molecular complexity index is 318. The third-order valence-corrected chi connectivity index (χ3v) is 3.89. The highest BCUT2D eigenvalue weighted by atomic mass is 32.2. The Morgan fingerprint density at radius 2 is 1.53 bits per heavy atom. The molecule has 1 nitrogen and oxygen atoms in total. The fraction of sp³-hybridized carbons (Fsp3) is 0.600. The van der Waals surface area contributed by atoms with Crippen molar-refractivity contribution >= 4 is 11.8 Å². The molecule has 2 atom stereocenters. The summed E-state index contributed by atoms with van der Waals surface area (Å²) in [6.45, 7) is 8.95. The molecule has 0 aliphatic rings. The molecule has 0 spiro atoms. The second-order valence-electron chi connectivity index (χ2n) is 5.07. The highest BCUT2D eigenvalue weighted by Crippen LogP contribution is 2.19. The van der Waals surface area contributed by atoms with E-state index in [-0.39, 0.29) is 0 Å². The fourth-order valence-electron chi connectivity index (χ4n) is 1.99. The van der Waals surface area contributed by atoms with Crippen LogP contribution in [0.4, 0.5) is 0 Å². The van der Waals surface area contributed by atoms with Crippen molar-refractivity contribution in [3.05, 3.63) is 35.4 Å². The van der Waals surface area contributed by atoms with Crippen LogP contribution in [-0.4, -0.2) is 18.1 Å². The molecule has 1 rings (SSSR count). The second kappa shape index (κ2) is 7.07. The molecule has 2 heteroatoms. The lowest BCUT2D eigenvalue weighted by molar-refractivity contribution is 0.511. The summed E-state index contributed by atoms with van der Waals surface area (Å²) in [6, 6.07) is 9.98. The Balaban J connectivity index is 2.60. The molecule has 0 heterocycles. The Hall–Kier alpha value is -0.470. The molecule has 0 aliphatic heterocycles. The lowest BCUT2D eigenvalue weighted by Crippen LogP contribution is -2.30. The monoisotopic (exact) mass is 251 g/mol. The highest BCUT2D eigenvalue weighted by Gasteiger charge is 2.09. The van der Waals surface area contributed by atoms with Crippen molar-refractivity contribution in [3.63, 3.8) is 0 Å². The summed E-state index contributed by atoms with van der Waals surface area (Å²) < 4.78 is 0. The maximum Gasteiger partial charge on any atom is 0.0294 e. The van der Waals surface area contributed by atoms with Gasteiger partial charge in [0.2, 0.25) is 0 Å². The number of thioether (sulfide) groups is 1. The summed E-state index contributed by atoms with van der Waals surface area (Å²) in [4.78, 5) is 0. The van der Waals surface area contributed by atoms with Gasteiger partial charge in [-0.2, -0.15) is 11.8 Å². The first kappa shape index (κ1) is 14.6. The first-order chi connectivity index (χ1) is 8.04. The number of hydrogen-bond donors (Lipinski definition) is 1. The molecule has 1 aromatic rings. The van der Waals surface area contributed by atoms with Crippen molar-refractivity contribution in [2.75, 3.05) is 12.0 Å². The van der Waals surface area contributed by atoms with E-state index in [4.69, 9.17) is 0 Å². The van der Waals surface area contributed by atoms with E-state index < -0.39 is 0 Å². The molecular weight excluding hydrogens is 226 g/mol. The number of nitrogens with one attached hydrogen (secondary N) is 1. The first-order valence-electron chi connectivity index (χ1n) is 6.39. The van der Waals surface area contributed by atoms with Crippen molar-refractivity contribution in [2.45, 2.75) is 45.7 Å². The van der Waals surface area contributed by atoms with E-state index in [1.165, 1.54) is 11.1 Å². The molecular formula is C15H25NS. The van der Waals surface area contributed by atoms with Crippen LogP contribution in [0.2, 0.25) is 0 Å². The average Bonchev–Trinajstić information content (AvgIpc) is 2.29. The van der Waals surface area contributed by atoms with E-state index in [2.05, 4.69) is 63.5 Å². The molecule has 1 N–H and O–H groups in total. The fourth-order valence-corrected chi connectivity index (χ4v) is 2.59. The Kier molecular flexibility index (Phi) is 6.07. The van der Waals surface area contributed by atoms with Gasteiger partial charge in [-0.1, -0.05) is 38.1 Å². The summed E-state index contributed by atoms with van der Waals surface area (Å²) in [6.07, 6.45) is 2.15. The molecule has 0 fully saturated rings. The second-order valence-corrected chi connectivity index (χ2v) is 5.98. The van der Waals surface area contributed by atoms with Crippen LogP contribution in [0, 0.1) is 0 Å². The Morgan fingerprint density at radius 1 is 1.00 bits per heavy atom. The van der Waals surface area contributed by atoms with E-state index in [0.29, 0.717) is 18.0 Å². The van der Waals surface area contributed by atoms with Gasteiger partial charge in [-0.25, -0.2) is 0 Å². The molecule has 0 saturated carbocycles. The van der Waals surface area contributed by atoms with Crippen molar-refractivity contribution in [3.8, 4) is 0 Å². The smallest absolute Gasteiger partial charge is 0.0294 e. The van der Waals surface area contributed by atoms with E-state index >= 15 is 0 Å². The normalized spacial score (nSPS) is 14.9. The van der Waals surface area contributed by atoms with Gasteiger partial charge in [0, 0.05) is 17.8 Å². The maximum absolute atomic E-state index is 3.62. The SMILES string of the molecule is CSCC(C)NC(C)c1ccc(C(C)C)cc1. The summed E-state index contributed by atoms with van der Waals surface area (Å²) in [5, 5.41) is 3.62. The van der Waals surface area contributed by atoms with Crippen LogP contribution in [0.15, 0.2) is 24.3 Å². The minimum atomic E-state index is 0.429. The molecule has 0 bridgehead atoms. The molecule has 17 heavy (non-hydrogen) atoms. The first-order valence-corrected chi connectivity index (χ1v) is 7.78. The third kappa shape index (κ3) is 4.72. The zero-order valence-corrected chi connectivity index (χ0v) is 12.5. The molecule has 0 aliphatic carbocycles. The van der Waals surface area contributed by atoms with Crippen LogP contribution in [0.3, 0.4) is 0 Å². The summed E-state index contributed by atoms with van der Waals surface area (Å²) >= 11 is 1.89. The van der Waals surface area contributed by atoms with Gasteiger partial charge in [-0.3, -0.25) is 0 Å². The van der Waals surface area contributed by atoms with Crippen LogP contribution in [-0.2, 0) is 0 Å². The van der Waals surface area contributed by atoms with Gasteiger partial charge in [0.25, 0.3) is 0 Å². The Labute approximate surface area is 110 Å². The third-order valence-electron chi connectivity index (χ3n) is 3.05. The van der Waals surface area contributed by atoms with E-state index in [1.54, 1.807) is 0 Å². The van der Waals surface area contributed by atoms with Crippen LogP contribution in [0.5, 0.6) is 0 Å². The van der Waals surface area contributed by atoms with Crippen molar-refractivity contribution < 1.29 is 0 Å². The minimum Gasteiger partial charge on any atom is -0.307 e. The maximum atomic E-state index is 3.62. The average molecular weight is 251 g/mol. The van der Waals surface area contributed by atoms with E-state index in [1.807, 2.05) is 11.8 Å². The summed E-state index contributed by atoms with van der Waals surface area (Å²) in [7, 11) is 0. The zero-order valence-electron chi connectivity index (χ0n) is 11.7. The van der Waals surface area contributed by atoms with Gasteiger partial charge in [-0.15, -0.1) is 0 Å². The van der Waals surface area contributed by atoms with Crippen LogP contribution in [0.25, 0.3) is 0 Å². The predicted molar refractivity (Wildman–Crippen MR) is 79.9 cm³/mol. The zero-order chi connectivity index (χ0) is 12.8. The Morgan fingerprint density at radius 3 is 2.00 bits per heavy atom. The number of benzene rings is 1. The van der Waals surface area contributed by atoms with Crippen molar-refractivity contribution in [1.82, 2.24) is 5.32 Å². The van der Waals surface area contributed by atoms with Gasteiger partial charge in [0.15, 0.2) is 0 Å². The van der Waals surface area contributed by atoms with Gasteiger partial charge in [0.05, 0.1) is 0 Å². The topological polar surface area (TPSA) is 12.0 Å². The molecule has 0 amide bonds. The predicted octanol–water partition coefficient (Wildman–Crippen LogP) is 4.21. The number of rotatable bonds is 6. The largest absolute Gasteiger partial charge is 0.307 e. The lowest BCUT2D eigenvalue weighted by Gasteiger charge is -2.20. The molecule has 0 saturated heterocycles. The lowest BCUT2D eigenvalue weighted by atomic mass is 9.99. The molecule has 0 radical (unpaired) electrons. The summed E-state index contributed by atoms with van der Waals surface area (Å²) in [5.74, 6) is 1.77. The van der Waals surface area contributed by atoms with E-state index in [0.717, 1.165) is 5.75 Å². The molecule has 0 aromatic heterocycles. The molecule has 2 unspecified atom stereocenters.